The van der Waals surface area contributed by atoms with E-state index in [1.807, 2.05) is 19.9 Å². The van der Waals surface area contributed by atoms with E-state index in [2.05, 4.69) is 71.9 Å². The molecule has 0 heterocycles. The lowest BCUT2D eigenvalue weighted by atomic mass is 9.79. The lowest BCUT2D eigenvalue weighted by Crippen LogP contribution is -2.13. The van der Waals surface area contributed by atoms with Gasteiger partial charge in [0.1, 0.15) is 6.61 Å². The normalized spacial score (nSPS) is 20.4. The molecule has 0 aromatic rings. The molecule has 0 N–H and O–H groups in total. The fourth-order valence-electron chi connectivity index (χ4n) is 3.35. The number of allylic oxidation sites excluding steroid dienone is 9. The molecule has 2 nitrogen and oxygen atoms in total. The van der Waals surface area contributed by atoms with E-state index in [-0.39, 0.29) is 18.0 Å². The first-order valence-corrected chi connectivity index (χ1v) is 11.0. The van der Waals surface area contributed by atoms with Gasteiger partial charge in [0.2, 0.25) is 0 Å². The summed E-state index contributed by atoms with van der Waals surface area (Å²) in [5.74, 6) is 0.266. The fraction of sp³-hybridized carbons (Fsp3) is 0.414. The van der Waals surface area contributed by atoms with Crippen molar-refractivity contribution in [3.05, 3.63) is 96.7 Å². The minimum absolute atomic E-state index is 0.00568. The highest BCUT2D eigenvalue weighted by molar-refractivity contribution is 5.66. The molecule has 0 saturated carbocycles. The molecule has 31 heavy (non-hydrogen) atoms. The third-order valence-corrected chi connectivity index (χ3v) is 5.44. The maximum atomic E-state index is 11.2. The lowest BCUT2D eigenvalue weighted by molar-refractivity contribution is -0.139. The highest BCUT2D eigenvalue weighted by atomic mass is 16.5. The van der Waals surface area contributed by atoms with Crippen molar-refractivity contribution in [1.82, 2.24) is 0 Å². The Morgan fingerprint density at radius 2 is 1.71 bits per heavy atom. The van der Waals surface area contributed by atoms with Crippen molar-refractivity contribution < 1.29 is 9.53 Å². The van der Waals surface area contributed by atoms with Gasteiger partial charge in [0.25, 0.3) is 0 Å². The number of ether oxygens (including phenoxy) is 1. The quantitative estimate of drug-likeness (QED) is 0.201. The first-order chi connectivity index (χ1) is 14.4. The van der Waals surface area contributed by atoms with Crippen molar-refractivity contribution in [2.75, 3.05) is 6.61 Å². The van der Waals surface area contributed by atoms with Crippen LogP contribution in [0.2, 0.25) is 0 Å². The third-order valence-electron chi connectivity index (χ3n) is 5.44. The van der Waals surface area contributed by atoms with Crippen LogP contribution in [0.25, 0.3) is 0 Å². The Kier molecular flexibility index (Phi) is 12.5. The van der Waals surface area contributed by atoms with E-state index in [1.165, 1.54) is 6.92 Å². The summed E-state index contributed by atoms with van der Waals surface area (Å²) in [5.41, 5.74) is 5.70. The molecule has 2 heteroatoms. The molecule has 0 amide bonds. The molecule has 1 unspecified atom stereocenters. The molecule has 0 saturated heterocycles. The summed E-state index contributed by atoms with van der Waals surface area (Å²) >= 11 is 0. The molecule has 1 rings (SSSR count). The van der Waals surface area contributed by atoms with Gasteiger partial charge < -0.3 is 4.74 Å². The molecule has 0 aromatic carbocycles. The van der Waals surface area contributed by atoms with Crippen LogP contribution in [0, 0.1) is 11.3 Å². The van der Waals surface area contributed by atoms with E-state index >= 15 is 0 Å². The smallest absolute Gasteiger partial charge is 0.302 e. The molecule has 0 spiro atoms. The van der Waals surface area contributed by atoms with Gasteiger partial charge in [0.15, 0.2) is 0 Å². The number of esters is 1. The molecule has 1 aliphatic rings. The van der Waals surface area contributed by atoms with Crippen LogP contribution in [0.3, 0.4) is 0 Å². The van der Waals surface area contributed by atoms with Crippen LogP contribution < -0.4 is 0 Å². The summed E-state index contributed by atoms with van der Waals surface area (Å²) in [5, 5.41) is 0. The third kappa shape index (κ3) is 9.38. The SMILES string of the molecule is C=C(/C=C(/COC(C)=O)C(=C)CC)C(=C)/C(=C\C(=C)[C@@]1(C)C=CC(C)C1)CC.C=CC. The van der Waals surface area contributed by atoms with E-state index < -0.39 is 0 Å². The van der Waals surface area contributed by atoms with Crippen molar-refractivity contribution in [2.24, 2.45) is 11.3 Å². The molecule has 0 aliphatic heterocycles. The van der Waals surface area contributed by atoms with Gasteiger partial charge >= 0.3 is 5.97 Å². The molecule has 0 bridgehead atoms. The molecule has 2 atom stereocenters. The Morgan fingerprint density at radius 3 is 2.13 bits per heavy atom. The monoisotopic (exact) mass is 422 g/mol. The van der Waals surface area contributed by atoms with E-state index in [4.69, 9.17) is 4.74 Å². The number of hydrogen-bond donors (Lipinski definition) is 0. The fourth-order valence-corrected chi connectivity index (χ4v) is 3.35. The van der Waals surface area contributed by atoms with Gasteiger partial charge in [-0.1, -0.05) is 78.3 Å². The Bertz CT molecular complexity index is 801. The summed E-state index contributed by atoms with van der Waals surface area (Å²) in [4.78, 5) is 11.2. The second-order valence-electron chi connectivity index (χ2n) is 8.33. The Labute approximate surface area is 191 Å². The van der Waals surface area contributed by atoms with Crippen LogP contribution in [-0.2, 0) is 9.53 Å². The van der Waals surface area contributed by atoms with Crippen LogP contribution in [0.5, 0.6) is 0 Å². The van der Waals surface area contributed by atoms with E-state index in [0.717, 1.165) is 52.7 Å². The zero-order valence-corrected chi connectivity index (χ0v) is 20.6. The Morgan fingerprint density at radius 1 is 1.13 bits per heavy atom. The average Bonchev–Trinajstić information content (AvgIpc) is 3.08. The van der Waals surface area contributed by atoms with Gasteiger partial charge in [-0.3, -0.25) is 4.79 Å². The predicted molar refractivity (Wildman–Crippen MR) is 137 cm³/mol. The molecule has 170 valence electrons. The number of hydrogen-bond acceptors (Lipinski definition) is 2. The first kappa shape index (κ1) is 28.4. The van der Waals surface area contributed by atoms with Crippen LogP contribution in [0.15, 0.2) is 96.7 Å². The number of carbonyl (C=O) groups excluding carboxylic acids is 1. The van der Waals surface area contributed by atoms with Crippen molar-refractivity contribution in [1.29, 1.82) is 0 Å². The second kappa shape index (κ2) is 13.6. The number of carbonyl (C=O) groups is 1. The topological polar surface area (TPSA) is 26.3 Å². The van der Waals surface area contributed by atoms with Crippen LogP contribution in [-0.4, -0.2) is 12.6 Å². The van der Waals surface area contributed by atoms with Gasteiger partial charge in [0.05, 0.1) is 0 Å². The molecule has 0 aromatic heterocycles. The van der Waals surface area contributed by atoms with Crippen molar-refractivity contribution in [3.8, 4) is 0 Å². The van der Waals surface area contributed by atoms with Crippen LogP contribution >= 0.6 is 0 Å². The molecular weight excluding hydrogens is 380 g/mol. The van der Waals surface area contributed by atoms with E-state index in [9.17, 15) is 4.79 Å². The van der Waals surface area contributed by atoms with Crippen molar-refractivity contribution in [2.45, 2.75) is 60.8 Å². The van der Waals surface area contributed by atoms with Crippen LogP contribution in [0.4, 0.5) is 0 Å². The second-order valence-corrected chi connectivity index (χ2v) is 8.33. The lowest BCUT2D eigenvalue weighted by Gasteiger charge is -2.25. The van der Waals surface area contributed by atoms with Gasteiger partial charge in [-0.05, 0) is 71.6 Å². The maximum Gasteiger partial charge on any atom is 0.302 e. The zero-order valence-electron chi connectivity index (χ0n) is 20.6. The Hall–Kier alpha value is -2.61. The summed E-state index contributed by atoms with van der Waals surface area (Å²) in [6.45, 7) is 32.3. The maximum absolute atomic E-state index is 11.2. The number of rotatable bonds is 10. The molecule has 1 aliphatic carbocycles. The molecule has 0 radical (unpaired) electrons. The van der Waals surface area contributed by atoms with E-state index in [0.29, 0.717) is 5.92 Å². The highest BCUT2D eigenvalue weighted by Crippen LogP contribution is 2.42. The molecular formula is C29H42O2. The minimum atomic E-state index is -0.309. The predicted octanol–water partition coefficient (Wildman–Crippen LogP) is 8.24. The summed E-state index contributed by atoms with van der Waals surface area (Å²) in [6.07, 6.45) is 13.1. The zero-order chi connectivity index (χ0) is 24.2. The summed E-state index contributed by atoms with van der Waals surface area (Å²) in [7, 11) is 0. The summed E-state index contributed by atoms with van der Waals surface area (Å²) < 4.78 is 5.17. The van der Waals surface area contributed by atoms with Gasteiger partial charge in [0, 0.05) is 12.3 Å². The first-order valence-electron chi connectivity index (χ1n) is 11.0. The Balaban J connectivity index is 0.00000282. The summed E-state index contributed by atoms with van der Waals surface area (Å²) in [6, 6.07) is 0. The molecule has 0 fully saturated rings. The minimum Gasteiger partial charge on any atom is -0.461 e. The average molecular weight is 423 g/mol. The largest absolute Gasteiger partial charge is 0.461 e. The van der Waals surface area contributed by atoms with Crippen molar-refractivity contribution >= 4 is 5.97 Å². The highest BCUT2D eigenvalue weighted by Gasteiger charge is 2.30. The standard InChI is InChI=1S/C26H36O2.C3H6/c1-10-19(4)25(17-28-23(8)27)14-20(5)22(7)24(11-2)15-21(6)26(9)13-12-18(3)16-26;1-3-2/h12-15,18H,4-7,10-11,16-17H2,1-3,8-9H3;3H,1H2,2H3/b24-15-,25-14-;/t18?,26-;/m0./s1. The van der Waals surface area contributed by atoms with Crippen molar-refractivity contribution in [3.63, 3.8) is 0 Å². The van der Waals surface area contributed by atoms with E-state index in [1.54, 1.807) is 6.08 Å². The van der Waals surface area contributed by atoms with Gasteiger partial charge in [-0.25, -0.2) is 0 Å². The van der Waals surface area contributed by atoms with Gasteiger partial charge in [-0.2, -0.15) is 0 Å². The van der Waals surface area contributed by atoms with Gasteiger partial charge in [-0.15, -0.1) is 6.58 Å². The van der Waals surface area contributed by atoms with Crippen LogP contribution in [0.1, 0.15) is 60.8 Å².